The van der Waals surface area contributed by atoms with Gasteiger partial charge in [-0.05, 0) is 23.8 Å². The molecule has 1 aliphatic heterocycles. The minimum absolute atomic E-state index is 0.112. The second-order valence-electron chi connectivity index (χ2n) is 5.75. The van der Waals surface area contributed by atoms with Gasteiger partial charge in [0.15, 0.2) is 0 Å². The maximum atomic E-state index is 13.0. The van der Waals surface area contributed by atoms with Gasteiger partial charge in [-0.25, -0.2) is 9.07 Å². The first kappa shape index (κ1) is 15.3. The van der Waals surface area contributed by atoms with Crippen LogP contribution in [0.5, 0.6) is 5.75 Å². The zero-order chi connectivity index (χ0) is 17.2. The third kappa shape index (κ3) is 3.08. The Morgan fingerprint density at radius 3 is 2.84 bits per heavy atom. The number of fused-ring (bicyclic) bond motifs is 1. The number of aromatic nitrogens is 3. The van der Waals surface area contributed by atoms with E-state index < -0.39 is 0 Å². The Balaban J connectivity index is 1.61. The molecule has 1 atom stereocenters. The number of halogens is 1. The molecule has 7 heteroatoms. The first-order valence-electron chi connectivity index (χ1n) is 7.86. The zero-order valence-corrected chi connectivity index (χ0v) is 13.2. The van der Waals surface area contributed by atoms with E-state index in [-0.39, 0.29) is 24.2 Å². The van der Waals surface area contributed by atoms with Crippen molar-refractivity contribution < 1.29 is 13.9 Å². The van der Waals surface area contributed by atoms with Crippen molar-refractivity contribution in [3.63, 3.8) is 0 Å². The number of carbonyl (C=O) groups excluding carboxylic acids is 1. The van der Waals surface area contributed by atoms with Crippen LogP contribution in [0.3, 0.4) is 0 Å². The number of hydrogen-bond donors (Lipinski definition) is 1. The van der Waals surface area contributed by atoms with E-state index in [2.05, 4.69) is 15.4 Å². The number of anilines is 1. The monoisotopic (exact) mass is 338 g/mol. The van der Waals surface area contributed by atoms with Crippen molar-refractivity contribution in [2.75, 3.05) is 5.32 Å². The molecule has 0 spiro atoms. The van der Waals surface area contributed by atoms with E-state index in [4.69, 9.17) is 4.74 Å². The molecule has 0 saturated heterocycles. The van der Waals surface area contributed by atoms with Crippen molar-refractivity contribution in [1.82, 2.24) is 14.8 Å². The number of nitrogens with one attached hydrogen (secondary N) is 1. The van der Waals surface area contributed by atoms with Crippen LogP contribution in [-0.2, 0) is 11.4 Å². The first-order chi connectivity index (χ1) is 12.2. The van der Waals surface area contributed by atoms with E-state index in [9.17, 15) is 9.18 Å². The molecule has 1 aliphatic rings. The van der Waals surface area contributed by atoms with Crippen LogP contribution in [0.4, 0.5) is 10.3 Å². The molecule has 0 unspecified atom stereocenters. The van der Waals surface area contributed by atoms with E-state index >= 15 is 0 Å². The topological polar surface area (TPSA) is 69.0 Å². The number of carbonyl (C=O) groups is 1. The zero-order valence-electron chi connectivity index (χ0n) is 13.2. The molecule has 126 valence electrons. The van der Waals surface area contributed by atoms with Crippen LogP contribution in [0, 0.1) is 5.82 Å². The maximum Gasteiger partial charge on any atom is 0.229 e. The Labute approximate surface area is 143 Å². The predicted octanol–water partition coefficient (Wildman–Crippen LogP) is 2.93. The summed E-state index contributed by atoms with van der Waals surface area (Å²) in [5.41, 5.74) is 1.71. The van der Waals surface area contributed by atoms with E-state index in [1.165, 1.54) is 18.5 Å². The molecule has 25 heavy (non-hydrogen) atoms. The molecule has 2 heterocycles. The van der Waals surface area contributed by atoms with Crippen LogP contribution in [0.25, 0.3) is 0 Å². The summed E-state index contributed by atoms with van der Waals surface area (Å²) < 4.78 is 20.6. The minimum Gasteiger partial charge on any atom is -0.489 e. The normalized spacial score (nSPS) is 16.2. The lowest BCUT2D eigenvalue weighted by Crippen LogP contribution is -2.29. The average molecular weight is 338 g/mol. The smallest absolute Gasteiger partial charge is 0.229 e. The van der Waals surface area contributed by atoms with Gasteiger partial charge in [0.25, 0.3) is 0 Å². The van der Waals surface area contributed by atoms with Crippen LogP contribution >= 0.6 is 0 Å². The summed E-state index contributed by atoms with van der Waals surface area (Å²) in [4.78, 5) is 16.0. The summed E-state index contributed by atoms with van der Waals surface area (Å²) in [5.74, 6) is 0.692. The van der Waals surface area contributed by atoms with Crippen molar-refractivity contribution in [2.45, 2.75) is 19.1 Å². The summed E-state index contributed by atoms with van der Waals surface area (Å²) in [5, 5.41) is 6.91. The van der Waals surface area contributed by atoms with E-state index in [1.54, 1.807) is 16.8 Å². The maximum absolute atomic E-state index is 13.0. The van der Waals surface area contributed by atoms with Crippen LogP contribution in [-0.4, -0.2) is 20.7 Å². The largest absolute Gasteiger partial charge is 0.489 e. The number of hydrogen-bond acceptors (Lipinski definition) is 4. The Hall–Kier alpha value is -3.22. The summed E-state index contributed by atoms with van der Waals surface area (Å²) in [6, 6.07) is 13.4. The quantitative estimate of drug-likeness (QED) is 0.794. The highest BCUT2D eigenvalue weighted by atomic mass is 19.1. The van der Waals surface area contributed by atoms with E-state index in [0.717, 1.165) is 11.1 Å². The van der Waals surface area contributed by atoms with Gasteiger partial charge in [0.2, 0.25) is 11.9 Å². The Kier molecular flexibility index (Phi) is 3.89. The fraction of sp³-hybridized carbons (Fsp3) is 0.167. The SMILES string of the molecule is O=C1C[C@@H](c2ccccc2OCc2ccc(F)cc2)n2ncnc2N1. The standard InChI is InChI=1S/C18H15FN4O2/c19-13-7-5-12(6-8-13)10-25-16-4-2-1-3-14(16)15-9-17(24)22-18-20-11-21-23(15)18/h1-8,11,15H,9-10H2,(H,20,21,22,24)/t15-/m0/s1. The number of ether oxygens (including phenoxy) is 1. The van der Waals surface area contributed by atoms with Crippen LogP contribution < -0.4 is 10.1 Å². The highest BCUT2D eigenvalue weighted by Gasteiger charge is 2.29. The lowest BCUT2D eigenvalue weighted by Gasteiger charge is -2.25. The Morgan fingerprint density at radius 1 is 1.20 bits per heavy atom. The lowest BCUT2D eigenvalue weighted by molar-refractivity contribution is -0.117. The third-order valence-electron chi connectivity index (χ3n) is 4.08. The van der Waals surface area contributed by atoms with Crippen LogP contribution in [0.1, 0.15) is 23.6 Å². The second-order valence-corrected chi connectivity index (χ2v) is 5.75. The van der Waals surface area contributed by atoms with Gasteiger partial charge in [-0.1, -0.05) is 30.3 Å². The molecular formula is C18H15FN4O2. The van der Waals surface area contributed by atoms with Gasteiger partial charge in [0, 0.05) is 5.56 Å². The molecule has 1 aromatic heterocycles. The molecule has 0 aliphatic carbocycles. The van der Waals surface area contributed by atoms with Gasteiger partial charge in [0.1, 0.15) is 24.5 Å². The van der Waals surface area contributed by atoms with Gasteiger partial charge >= 0.3 is 0 Å². The number of amides is 1. The molecule has 6 nitrogen and oxygen atoms in total. The van der Waals surface area contributed by atoms with Crippen molar-refractivity contribution in [3.05, 3.63) is 71.8 Å². The molecular weight excluding hydrogens is 323 g/mol. The fourth-order valence-corrected chi connectivity index (χ4v) is 2.88. The van der Waals surface area contributed by atoms with Gasteiger partial charge in [-0.3, -0.25) is 10.1 Å². The highest BCUT2D eigenvalue weighted by Crippen LogP contribution is 2.34. The van der Waals surface area contributed by atoms with Crippen LogP contribution in [0.15, 0.2) is 54.9 Å². The van der Waals surface area contributed by atoms with Crippen molar-refractivity contribution in [3.8, 4) is 5.75 Å². The Bertz CT molecular complexity index is 907. The van der Waals surface area contributed by atoms with E-state index in [1.807, 2.05) is 24.3 Å². The molecule has 0 saturated carbocycles. The number of para-hydroxylation sites is 1. The van der Waals surface area contributed by atoms with Gasteiger partial charge in [0.05, 0.1) is 12.5 Å². The fourth-order valence-electron chi connectivity index (χ4n) is 2.88. The summed E-state index contributed by atoms with van der Waals surface area (Å²) >= 11 is 0. The highest BCUT2D eigenvalue weighted by molar-refractivity contribution is 5.91. The molecule has 1 amide bonds. The van der Waals surface area contributed by atoms with Crippen LogP contribution in [0.2, 0.25) is 0 Å². The Morgan fingerprint density at radius 2 is 2.00 bits per heavy atom. The molecule has 0 radical (unpaired) electrons. The first-order valence-corrected chi connectivity index (χ1v) is 7.86. The third-order valence-corrected chi connectivity index (χ3v) is 4.08. The average Bonchev–Trinajstić information content (AvgIpc) is 3.09. The summed E-state index contributed by atoms with van der Waals surface area (Å²) in [6.07, 6.45) is 1.67. The van der Waals surface area contributed by atoms with Gasteiger partial charge in [-0.2, -0.15) is 10.1 Å². The van der Waals surface area contributed by atoms with Crippen molar-refractivity contribution in [2.24, 2.45) is 0 Å². The predicted molar refractivity (Wildman–Crippen MR) is 88.6 cm³/mol. The lowest BCUT2D eigenvalue weighted by atomic mass is 10.0. The summed E-state index contributed by atoms with van der Waals surface area (Å²) in [7, 11) is 0. The second kappa shape index (κ2) is 6.35. The molecule has 0 bridgehead atoms. The van der Waals surface area contributed by atoms with Crippen molar-refractivity contribution >= 4 is 11.9 Å². The summed E-state index contributed by atoms with van der Waals surface area (Å²) in [6.45, 7) is 0.306. The van der Waals surface area contributed by atoms with Crippen molar-refractivity contribution in [1.29, 1.82) is 0 Å². The molecule has 4 rings (SSSR count). The molecule has 1 N–H and O–H groups in total. The number of benzene rings is 2. The van der Waals surface area contributed by atoms with E-state index in [0.29, 0.717) is 18.3 Å². The minimum atomic E-state index is -0.282. The number of rotatable bonds is 4. The molecule has 2 aromatic carbocycles. The molecule has 0 fully saturated rings. The molecule has 3 aromatic rings. The van der Waals surface area contributed by atoms with Gasteiger partial charge in [-0.15, -0.1) is 0 Å². The van der Waals surface area contributed by atoms with Gasteiger partial charge < -0.3 is 4.74 Å². The number of nitrogens with zero attached hydrogens (tertiary/aromatic N) is 3.